The molecule has 2 saturated heterocycles. The molecule has 3 rings (SSSR count). The highest BCUT2D eigenvalue weighted by molar-refractivity contribution is 5.82. The van der Waals surface area contributed by atoms with E-state index in [4.69, 9.17) is 0 Å². The Morgan fingerprint density at radius 1 is 0.950 bits per heavy atom. The molecule has 4 heteroatoms. The zero-order valence-corrected chi connectivity index (χ0v) is 12.6. The minimum absolute atomic E-state index is 0.190. The molecular weight excluding hydrogens is 250 g/mol. The summed E-state index contributed by atoms with van der Waals surface area (Å²) < 4.78 is 0. The molecule has 0 bridgehead atoms. The first-order valence-corrected chi connectivity index (χ1v) is 8.58. The van der Waals surface area contributed by atoms with Crippen molar-refractivity contribution in [1.82, 2.24) is 15.1 Å². The van der Waals surface area contributed by atoms with Gasteiger partial charge in [-0.15, -0.1) is 0 Å². The zero-order chi connectivity index (χ0) is 13.8. The normalized spacial score (nSPS) is 29.8. The molecule has 1 unspecified atom stereocenters. The molecule has 0 aromatic heterocycles. The maximum absolute atomic E-state index is 12.7. The standard InChI is InChI=1S/C16H29N3O/c20-16(18-11-8-17-9-12-18)15-7-4-10-19(15)13-14-5-2-1-3-6-14/h14-15,17H,1-13H2. The van der Waals surface area contributed by atoms with E-state index < -0.39 is 0 Å². The van der Waals surface area contributed by atoms with Gasteiger partial charge in [0, 0.05) is 32.7 Å². The molecule has 0 aromatic carbocycles. The van der Waals surface area contributed by atoms with Crippen LogP contribution in [0.3, 0.4) is 0 Å². The Kier molecular flexibility index (Phi) is 4.94. The fourth-order valence-electron chi connectivity index (χ4n) is 4.12. The van der Waals surface area contributed by atoms with Gasteiger partial charge < -0.3 is 10.2 Å². The van der Waals surface area contributed by atoms with Crippen LogP contribution in [0.15, 0.2) is 0 Å². The highest BCUT2D eigenvalue weighted by atomic mass is 16.2. The van der Waals surface area contributed by atoms with Crippen LogP contribution in [0.4, 0.5) is 0 Å². The quantitative estimate of drug-likeness (QED) is 0.849. The van der Waals surface area contributed by atoms with E-state index in [1.165, 1.54) is 45.1 Å². The Morgan fingerprint density at radius 3 is 2.45 bits per heavy atom. The van der Waals surface area contributed by atoms with E-state index in [1.54, 1.807) is 0 Å². The molecule has 20 heavy (non-hydrogen) atoms. The number of carbonyl (C=O) groups excluding carboxylic acids is 1. The number of rotatable bonds is 3. The number of amides is 1. The van der Waals surface area contributed by atoms with E-state index in [0.717, 1.165) is 45.1 Å². The number of hydrogen-bond acceptors (Lipinski definition) is 3. The summed E-state index contributed by atoms with van der Waals surface area (Å²) in [7, 11) is 0. The fourth-order valence-corrected chi connectivity index (χ4v) is 4.12. The lowest BCUT2D eigenvalue weighted by molar-refractivity contribution is -0.136. The molecule has 3 fully saturated rings. The topological polar surface area (TPSA) is 35.6 Å². The maximum atomic E-state index is 12.7. The second-order valence-corrected chi connectivity index (χ2v) is 6.73. The highest BCUT2D eigenvalue weighted by Gasteiger charge is 2.35. The van der Waals surface area contributed by atoms with Gasteiger partial charge in [-0.05, 0) is 38.1 Å². The second kappa shape index (κ2) is 6.90. The van der Waals surface area contributed by atoms with Crippen LogP contribution in [0.5, 0.6) is 0 Å². The lowest BCUT2D eigenvalue weighted by Crippen LogP contribution is -2.53. The largest absolute Gasteiger partial charge is 0.339 e. The van der Waals surface area contributed by atoms with Crippen molar-refractivity contribution in [3.63, 3.8) is 0 Å². The number of hydrogen-bond donors (Lipinski definition) is 1. The van der Waals surface area contributed by atoms with E-state index >= 15 is 0 Å². The van der Waals surface area contributed by atoms with Crippen molar-refractivity contribution in [1.29, 1.82) is 0 Å². The average molecular weight is 279 g/mol. The van der Waals surface area contributed by atoms with Gasteiger partial charge in [-0.25, -0.2) is 0 Å². The highest BCUT2D eigenvalue weighted by Crippen LogP contribution is 2.28. The summed E-state index contributed by atoms with van der Waals surface area (Å²) in [6.45, 7) is 6.02. The first-order valence-electron chi connectivity index (χ1n) is 8.58. The molecule has 1 amide bonds. The SMILES string of the molecule is O=C(C1CCCN1CC1CCCCC1)N1CCNCC1. The molecule has 1 aliphatic carbocycles. The van der Waals surface area contributed by atoms with E-state index in [9.17, 15) is 4.79 Å². The van der Waals surface area contributed by atoms with Crippen molar-refractivity contribution in [3.05, 3.63) is 0 Å². The van der Waals surface area contributed by atoms with Gasteiger partial charge in [-0.1, -0.05) is 19.3 Å². The van der Waals surface area contributed by atoms with Crippen molar-refractivity contribution < 1.29 is 4.79 Å². The van der Waals surface area contributed by atoms with Gasteiger partial charge in [-0.3, -0.25) is 9.69 Å². The number of piperazine rings is 1. The van der Waals surface area contributed by atoms with Crippen LogP contribution in [-0.4, -0.2) is 61.0 Å². The minimum atomic E-state index is 0.190. The number of nitrogens with zero attached hydrogens (tertiary/aromatic N) is 2. The number of nitrogens with one attached hydrogen (secondary N) is 1. The first kappa shape index (κ1) is 14.3. The first-order chi connectivity index (χ1) is 9.84. The fraction of sp³-hybridized carbons (Fsp3) is 0.938. The molecule has 1 atom stereocenters. The van der Waals surface area contributed by atoms with Gasteiger partial charge in [0.05, 0.1) is 6.04 Å². The van der Waals surface area contributed by atoms with E-state index in [0.29, 0.717) is 5.91 Å². The molecule has 3 aliphatic rings. The molecule has 0 radical (unpaired) electrons. The molecule has 0 aromatic rings. The predicted molar refractivity (Wildman–Crippen MR) is 80.6 cm³/mol. The Labute approximate surface area is 122 Å². The van der Waals surface area contributed by atoms with E-state index in [-0.39, 0.29) is 6.04 Å². The van der Waals surface area contributed by atoms with Crippen molar-refractivity contribution in [2.75, 3.05) is 39.3 Å². The van der Waals surface area contributed by atoms with Gasteiger partial charge in [0.1, 0.15) is 0 Å². The average Bonchev–Trinajstić information content (AvgIpc) is 2.96. The van der Waals surface area contributed by atoms with Crippen molar-refractivity contribution in [2.24, 2.45) is 5.92 Å². The number of likely N-dealkylation sites (tertiary alicyclic amines) is 1. The van der Waals surface area contributed by atoms with Crippen LogP contribution in [0.25, 0.3) is 0 Å². The van der Waals surface area contributed by atoms with Crippen LogP contribution in [0.2, 0.25) is 0 Å². The summed E-state index contributed by atoms with van der Waals surface area (Å²) in [5, 5.41) is 3.33. The van der Waals surface area contributed by atoms with Gasteiger partial charge >= 0.3 is 0 Å². The molecule has 1 N–H and O–H groups in total. The van der Waals surface area contributed by atoms with Crippen molar-refractivity contribution in [2.45, 2.75) is 51.0 Å². The molecule has 2 heterocycles. The third-order valence-corrected chi connectivity index (χ3v) is 5.29. The van der Waals surface area contributed by atoms with Gasteiger partial charge in [0.25, 0.3) is 0 Å². The summed E-state index contributed by atoms with van der Waals surface area (Å²) in [5.74, 6) is 1.25. The molecule has 1 saturated carbocycles. The summed E-state index contributed by atoms with van der Waals surface area (Å²) in [5.41, 5.74) is 0. The van der Waals surface area contributed by atoms with Crippen LogP contribution >= 0.6 is 0 Å². The van der Waals surface area contributed by atoms with Crippen LogP contribution < -0.4 is 5.32 Å². The smallest absolute Gasteiger partial charge is 0.240 e. The lowest BCUT2D eigenvalue weighted by atomic mass is 9.89. The summed E-state index contributed by atoms with van der Waals surface area (Å²) in [6.07, 6.45) is 9.25. The minimum Gasteiger partial charge on any atom is -0.339 e. The monoisotopic (exact) mass is 279 g/mol. The lowest BCUT2D eigenvalue weighted by Gasteiger charge is -2.35. The van der Waals surface area contributed by atoms with Gasteiger partial charge in [-0.2, -0.15) is 0 Å². The van der Waals surface area contributed by atoms with Gasteiger partial charge in [0.15, 0.2) is 0 Å². The Hall–Kier alpha value is -0.610. The zero-order valence-electron chi connectivity index (χ0n) is 12.6. The molecule has 2 aliphatic heterocycles. The van der Waals surface area contributed by atoms with E-state index in [1.807, 2.05) is 0 Å². The van der Waals surface area contributed by atoms with E-state index in [2.05, 4.69) is 15.1 Å². The van der Waals surface area contributed by atoms with Crippen LogP contribution in [0.1, 0.15) is 44.9 Å². The van der Waals surface area contributed by atoms with Gasteiger partial charge in [0.2, 0.25) is 5.91 Å². The third kappa shape index (κ3) is 3.34. The molecule has 114 valence electrons. The van der Waals surface area contributed by atoms with Crippen molar-refractivity contribution in [3.8, 4) is 0 Å². The Morgan fingerprint density at radius 2 is 1.70 bits per heavy atom. The van der Waals surface area contributed by atoms with Crippen LogP contribution in [0, 0.1) is 5.92 Å². The van der Waals surface area contributed by atoms with Crippen molar-refractivity contribution >= 4 is 5.91 Å². The third-order valence-electron chi connectivity index (χ3n) is 5.29. The Balaban J connectivity index is 1.55. The van der Waals surface area contributed by atoms with Crippen LogP contribution in [-0.2, 0) is 4.79 Å². The maximum Gasteiger partial charge on any atom is 0.240 e. The summed E-state index contributed by atoms with van der Waals surface area (Å²) in [6, 6.07) is 0.190. The predicted octanol–water partition coefficient (Wildman–Crippen LogP) is 1.46. The molecule has 0 spiro atoms. The summed E-state index contributed by atoms with van der Waals surface area (Å²) in [4.78, 5) is 17.3. The number of carbonyl (C=O) groups is 1. The Bertz CT molecular complexity index is 322. The molecule has 4 nitrogen and oxygen atoms in total. The molecular formula is C16H29N3O. The summed E-state index contributed by atoms with van der Waals surface area (Å²) >= 11 is 0. The second-order valence-electron chi connectivity index (χ2n) is 6.73.